The number of carbonyl (C=O) groups excluding carboxylic acids is 1. The number of hydrogen-bond donors (Lipinski definition) is 3. The molecule has 3 N–H and O–H groups in total. The quantitative estimate of drug-likeness (QED) is 0.741. The highest BCUT2D eigenvalue weighted by Gasteiger charge is 2.14. The molecule has 0 heterocycles. The summed E-state index contributed by atoms with van der Waals surface area (Å²) in [5.41, 5.74) is -0.179. The van der Waals surface area contributed by atoms with Crippen LogP contribution in [0.4, 0.5) is 10.1 Å². The first-order chi connectivity index (χ1) is 8.97. The zero-order valence-electron chi connectivity index (χ0n) is 9.52. The third kappa shape index (κ3) is 2.95. The molecule has 6 heteroatoms. The first-order valence-corrected chi connectivity index (χ1v) is 5.63. The number of phenols is 2. The molecule has 0 saturated heterocycles. The largest absolute Gasteiger partial charge is 0.508 e. The molecule has 2 rings (SSSR count). The van der Waals surface area contributed by atoms with Gasteiger partial charge in [0.25, 0.3) is 5.91 Å². The van der Waals surface area contributed by atoms with E-state index >= 15 is 0 Å². The summed E-state index contributed by atoms with van der Waals surface area (Å²) in [4.78, 5) is 11.9. The van der Waals surface area contributed by atoms with Crippen LogP contribution in [0.2, 0.25) is 5.02 Å². The SMILES string of the molecule is O=C(Nc1ccc(O)cc1F)c1cc(Cl)ccc1O. The van der Waals surface area contributed by atoms with Crippen LogP contribution in [0.1, 0.15) is 10.4 Å². The Morgan fingerprint density at radius 2 is 1.89 bits per heavy atom. The minimum atomic E-state index is -0.783. The molecule has 4 nitrogen and oxygen atoms in total. The summed E-state index contributed by atoms with van der Waals surface area (Å²) >= 11 is 5.72. The third-order valence-electron chi connectivity index (χ3n) is 2.40. The Balaban J connectivity index is 2.28. The van der Waals surface area contributed by atoms with Crippen molar-refractivity contribution in [3.05, 3.63) is 52.8 Å². The normalized spacial score (nSPS) is 10.2. The van der Waals surface area contributed by atoms with E-state index in [1.54, 1.807) is 0 Å². The highest BCUT2D eigenvalue weighted by atomic mass is 35.5. The second-order valence-electron chi connectivity index (χ2n) is 3.78. The molecule has 2 aromatic carbocycles. The number of benzene rings is 2. The van der Waals surface area contributed by atoms with Crippen LogP contribution in [0.25, 0.3) is 0 Å². The molecule has 0 bridgehead atoms. The molecule has 0 aliphatic heterocycles. The molecule has 98 valence electrons. The molecule has 0 aromatic heterocycles. The van der Waals surface area contributed by atoms with Crippen LogP contribution in [0.3, 0.4) is 0 Å². The Morgan fingerprint density at radius 1 is 1.16 bits per heavy atom. The van der Waals surface area contributed by atoms with Gasteiger partial charge in [0.15, 0.2) is 0 Å². The molecule has 0 spiro atoms. The van der Waals surface area contributed by atoms with E-state index in [9.17, 15) is 14.3 Å². The lowest BCUT2D eigenvalue weighted by molar-refractivity contribution is 0.102. The van der Waals surface area contributed by atoms with Crippen LogP contribution in [-0.2, 0) is 0 Å². The Bertz CT molecular complexity index is 646. The maximum Gasteiger partial charge on any atom is 0.259 e. The zero-order valence-corrected chi connectivity index (χ0v) is 10.3. The number of hydrogen-bond acceptors (Lipinski definition) is 3. The molecule has 0 aliphatic carbocycles. The second kappa shape index (κ2) is 5.16. The summed E-state index contributed by atoms with van der Waals surface area (Å²) in [5, 5.41) is 21.2. The van der Waals surface area contributed by atoms with Crippen LogP contribution in [0.5, 0.6) is 11.5 Å². The molecule has 0 radical (unpaired) electrons. The van der Waals surface area contributed by atoms with E-state index in [0.717, 1.165) is 6.07 Å². The first-order valence-electron chi connectivity index (χ1n) is 5.26. The number of nitrogens with one attached hydrogen (secondary N) is 1. The summed E-state index contributed by atoms with van der Waals surface area (Å²) in [7, 11) is 0. The van der Waals surface area contributed by atoms with Gasteiger partial charge < -0.3 is 15.5 Å². The summed E-state index contributed by atoms with van der Waals surface area (Å²) in [5.74, 6) is -2.00. The predicted octanol–water partition coefficient (Wildman–Crippen LogP) is 3.14. The van der Waals surface area contributed by atoms with E-state index < -0.39 is 11.7 Å². The van der Waals surface area contributed by atoms with Crippen LogP contribution in [-0.4, -0.2) is 16.1 Å². The van der Waals surface area contributed by atoms with Gasteiger partial charge in [-0.05, 0) is 30.3 Å². The Labute approximate surface area is 113 Å². The lowest BCUT2D eigenvalue weighted by Gasteiger charge is -2.08. The Morgan fingerprint density at radius 3 is 2.58 bits per heavy atom. The monoisotopic (exact) mass is 281 g/mol. The van der Waals surface area contributed by atoms with Crippen molar-refractivity contribution in [3.8, 4) is 11.5 Å². The lowest BCUT2D eigenvalue weighted by atomic mass is 10.2. The molecule has 19 heavy (non-hydrogen) atoms. The number of halogens is 2. The molecule has 2 aromatic rings. The van der Waals surface area contributed by atoms with Crippen molar-refractivity contribution < 1.29 is 19.4 Å². The maximum absolute atomic E-state index is 13.4. The highest BCUT2D eigenvalue weighted by Crippen LogP contribution is 2.24. The highest BCUT2D eigenvalue weighted by molar-refractivity contribution is 6.31. The average molecular weight is 282 g/mol. The Kier molecular flexibility index (Phi) is 3.57. The summed E-state index contributed by atoms with van der Waals surface area (Å²) in [6, 6.07) is 7.28. The van der Waals surface area contributed by atoms with E-state index in [0.29, 0.717) is 0 Å². The smallest absolute Gasteiger partial charge is 0.259 e. The van der Waals surface area contributed by atoms with Gasteiger partial charge in [-0.3, -0.25) is 4.79 Å². The van der Waals surface area contributed by atoms with Gasteiger partial charge in [0.2, 0.25) is 0 Å². The standard InChI is InChI=1S/C13H9ClFNO3/c14-7-1-4-12(18)9(5-7)13(19)16-11-3-2-8(17)6-10(11)15/h1-6,17-18H,(H,16,19). The Hall–Kier alpha value is -2.27. The number of carbonyl (C=O) groups is 1. The van der Waals surface area contributed by atoms with Crippen molar-refractivity contribution in [2.75, 3.05) is 5.32 Å². The van der Waals surface area contributed by atoms with Crippen molar-refractivity contribution in [3.63, 3.8) is 0 Å². The van der Waals surface area contributed by atoms with Gasteiger partial charge in [-0.2, -0.15) is 0 Å². The van der Waals surface area contributed by atoms with Crippen LogP contribution in [0, 0.1) is 5.82 Å². The molecule has 0 aliphatic rings. The molecular weight excluding hydrogens is 273 g/mol. The number of amides is 1. The van der Waals surface area contributed by atoms with Crippen molar-refractivity contribution in [2.45, 2.75) is 0 Å². The molecule has 0 saturated carbocycles. The minimum absolute atomic E-state index is 0.0695. The molecular formula is C13H9ClFNO3. The van der Waals surface area contributed by atoms with Gasteiger partial charge in [-0.1, -0.05) is 11.6 Å². The predicted molar refractivity (Wildman–Crippen MR) is 69.1 cm³/mol. The zero-order chi connectivity index (χ0) is 14.0. The third-order valence-corrected chi connectivity index (χ3v) is 2.64. The van der Waals surface area contributed by atoms with Gasteiger partial charge >= 0.3 is 0 Å². The molecule has 0 atom stereocenters. The van der Waals surface area contributed by atoms with Crippen molar-refractivity contribution in [2.24, 2.45) is 0 Å². The van der Waals surface area contributed by atoms with Crippen molar-refractivity contribution in [1.29, 1.82) is 0 Å². The van der Waals surface area contributed by atoms with Gasteiger partial charge in [-0.25, -0.2) is 4.39 Å². The molecule has 0 unspecified atom stereocenters. The van der Waals surface area contributed by atoms with Gasteiger partial charge in [0.05, 0.1) is 11.3 Å². The number of anilines is 1. The molecule has 1 amide bonds. The van der Waals surface area contributed by atoms with Crippen LogP contribution < -0.4 is 5.32 Å². The van der Waals surface area contributed by atoms with Crippen molar-refractivity contribution in [1.82, 2.24) is 0 Å². The number of aromatic hydroxyl groups is 2. The van der Waals surface area contributed by atoms with Gasteiger partial charge in [0.1, 0.15) is 17.3 Å². The van der Waals surface area contributed by atoms with E-state index in [1.807, 2.05) is 0 Å². The fourth-order valence-electron chi connectivity index (χ4n) is 1.49. The van der Waals surface area contributed by atoms with E-state index in [4.69, 9.17) is 16.7 Å². The fraction of sp³-hybridized carbons (Fsp3) is 0. The maximum atomic E-state index is 13.4. The fourth-order valence-corrected chi connectivity index (χ4v) is 1.66. The number of rotatable bonds is 2. The second-order valence-corrected chi connectivity index (χ2v) is 4.22. The van der Waals surface area contributed by atoms with E-state index in [2.05, 4.69) is 5.32 Å². The first kappa shape index (κ1) is 13.2. The average Bonchev–Trinajstić information content (AvgIpc) is 2.35. The topological polar surface area (TPSA) is 69.6 Å². The summed E-state index contributed by atoms with van der Waals surface area (Å²) < 4.78 is 13.4. The van der Waals surface area contributed by atoms with E-state index in [-0.39, 0.29) is 27.8 Å². The lowest BCUT2D eigenvalue weighted by Crippen LogP contribution is -2.13. The van der Waals surface area contributed by atoms with Crippen LogP contribution in [0.15, 0.2) is 36.4 Å². The van der Waals surface area contributed by atoms with Crippen LogP contribution >= 0.6 is 11.6 Å². The van der Waals surface area contributed by atoms with Gasteiger partial charge in [-0.15, -0.1) is 0 Å². The minimum Gasteiger partial charge on any atom is -0.508 e. The van der Waals surface area contributed by atoms with Crippen molar-refractivity contribution >= 4 is 23.2 Å². The number of phenolic OH excluding ortho intramolecular Hbond substituents is 2. The van der Waals surface area contributed by atoms with E-state index in [1.165, 1.54) is 30.3 Å². The molecule has 0 fully saturated rings. The summed E-state index contributed by atoms with van der Waals surface area (Å²) in [6.45, 7) is 0. The van der Waals surface area contributed by atoms with Gasteiger partial charge in [0, 0.05) is 11.1 Å². The summed E-state index contributed by atoms with van der Waals surface area (Å²) in [6.07, 6.45) is 0.